The van der Waals surface area contributed by atoms with E-state index in [9.17, 15) is 0 Å². The molecule has 2 rings (SSSR count). The highest BCUT2D eigenvalue weighted by Crippen LogP contribution is 2.04. The van der Waals surface area contributed by atoms with Crippen LogP contribution >= 0.6 is 0 Å². The monoisotopic (exact) mass is 198 g/mol. The van der Waals surface area contributed by atoms with Gasteiger partial charge in [-0.1, -0.05) is 6.07 Å². The average Bonchev–Trinajstić information content (AvgIpc) is 2.28. The minimum absolute atomic E-state index is 0.956. The van der Waals surface area contributed by atoms with Crippen molar-refractivity contribution in [3.8, 4) is 0 Å². The lowest BCUT2D eigenvalue weighted by Gasteiger charge is -2.01. The second kappa shape index (κ2) is 4.69. The molecule has 0 aliphatic rings. The summed E-state index contributed by atoms with van der Waals surface area (Å²) in [6, 6.07) is 10.2. The first-order chi connectivity index (χ1) is 7.34. The molecule has 2 nitrogen and oxygen atoms in total. The lowest BCUT2D eigenvalue weighted by atomic mass is 10.1. The number of hydrogen-bond donors (Lipinski definition) is 0. The molecule has 0 fully saturated rings. The van der Waals surface area contributed by atoms with Gasteiger partial charge in [-0.05, 0) is 49.6 Å². The van der Waals surface area contributed by atoms with E-state index >= 15 is 0 Å². The maximum absolute atomic E-state index is 4.33. The van der Waals surface area contributed by atoms with Crippen molar-refractivity contribution >= 4 is 0 Å². The first-order valence-corrected chi connectivity index (χ1v) is 5.16. The molecule has 0 atom stereocenters. The zero-order valence-corrected chi connectivity index (χ0v) is 8.85. The summed E-state index contributed by atoms with van der Waals surface area (Å²) in [6.45, 7) is 2.09. The van der Waals surface area contributed by atoms with Crippen LogP contribution in [0.15, 0.2) is 42.7 Å². The summed E-state index contributed by atoms with van der Waals surface area (Å²) in [5, 5.41) is 0. The summed E-state index contributed by atoms with van der Waals surface area (Å²) in [6.07, 6.45) is 5.61. The SMILES string of the molecule is Cc1ccnc(CCc2ccccn2)c1. The number of aromatic nitrogens is 2. The van der Waals surface area contributed by atoms with E-state index < -0.39 is 0 Å². The van der Waals surface area contributed by atoms with Crippen molar-refractivity contribution < 1.29 is 0 Å². The Balaban J connectivity index is 1.99. The molecule has 0 saturated heterocycles. The summed E-state index contributed by atoms with van der Waals surface area (Å²) in [5.41, 5.74) is 3.53. The van der Waals surface area contributed by atoms with Crippen molar-refractivity contribution in [2.45, 2.75) is 19.8 Å². The zero-order chi connectivity index (χ0) is 10.5. The first-order valence-electron chi connectivity index (χ1n) is 5.16. The fourth-order valence-corrected chi connectivity index (χ4v) is 1.54. The van der Waals surface area contributed by atoms with Crippen LogP contribution in [0.3, 0.4) is 0 Å². The Morgan fingerprint density at radius 1 is 0.933 bits per heavy atom. The van der Waals surface area contributed by atoms with Crippen molar-refractivity contribution in [2.24, 2.45) is 0 Å². The fraction of sp³-hybridized carbons (Fsp3) is 0.231. The summed E-state index contributed by atoms with van der Waals surface area (Å²) in [4.78, 5) is 8.62. The molecule has 2 heterocycles. The quantitative estimate of drug-likeness (QED) is 0.757. The zero-order valence-electron chi connectivity index (χ0n) is 8.85. The molecule has 0 bridgehead atoms. The van der Waals surface area contributed by atoms with Crippen LogP contribution in [0.2, 0.25) is 0 Å². The van der Waals surface area contributed by atoms with Crippen LogP contribution in [0.1, 0.15) is 17.0 Å². The topological polar surface area (TPSA) is 25.8 Å². The van der Waals surface area contributed by atoms with Crippen molar-refractivity contribution in [3.63, 3.8) is 0 Å². The third kappa shape index (κ3) is 2.88. The van der Waals surface area contributed by atoms with Crippen LogP contribution in [-0.4, -0.2) is 9.97 Å². The molecule has 0 spiro atoms. The number of aryl methyl sites for hydroxylation is 3. The summed E-state index contributed by atoms with van der Waals surface area (Å²) in [7, 11) is 0. The third-order valence-electron chi connectivity index (χ3n) is 2.34. The highest BCUT2D eigenvalue weighted by Gasteiger charge is 1.97. The van der Waals surface area contributed by atoms with Gasteiger partial charge >= 0.3 is 0 Å². The Kier molecular flexibility index (Phi) is 3.08. The smallest absolute Gasteiger partial charge is 0.0410 e. The van der Waals surface area contributed by atoms with E-state index in [-0.39, 0.29) is 0 Å². The fourth-order valence-electron chi connectivity index (χ4n) is 1.54. The summed E-state index contributed by atoms with van der Waals surface area (Å²) in [5.74, 6) is 0. The van der Waals surface area contributed by atoms with E-state index in [1.165, 1.54) is 5.56 Å². The van der Waals surface area contributed by atoms with Crippen molar-refractivity contribution in [2.75, 3.05) is 0 Å². The highest BCUT2D eigenvalue weighted by molar-refractivity contribution is 5.15. The molecule has 2 heteroatoms. The van der Waals surface area contributed by atoms with Crippen molar-refractivity contribution in [1.82, 2.24) is 9.97 Å². The van der Waals surface area contributed by atoms with E-state index in [1.54, 1.807) is 0 Å². The molecule has 0 aliphatic heterocycles. The Morgan fingerprint density at radius 2 is 1.73 bits per heavy atom. The van der Waals surface area contributed by atoms with Gasteiger partial charge in [-0.25, -0.2) is 0 Å². The van der Waals surface area contributed by atoms with Crippen LogP contribution < -0.4 is 0 Å². The van der Waals surface area contributed by atoms with Gasteiger partial charge in [-0.2, -0.15) is 0 Å². The van der Waals surface area contributed by atoms with Gasteiger partial charge in [0.25, 0.3) is 0 Å². The maximum Gasteiger partial charge on any atom is 0.0410 e. The molecule has 0 unspecified atom stereocenters. The maximum atomic E-state index is 4.33. The van der Waals surface area contributed by atoms with Gasteiger partial charge in [0.2, 0.25) is 0 Å². The third-order valence-corrected chi connectivity index (χ3v) is 2.34. The van der Waals surface area contributed by atoms with Gasteiger partial charge in [-0.15, -0.1) is 0 Å². The largest absolute Gasteiger partial charge is 0.261 e. The van der Waals surface area contributed by atoms with Gasteiger partial charge in [-0.3, -0.25) is 9.97 Å². The minimum Gasteiger partial charge on any atom is -0.261 e. The lowest BCUT2D eigenvalue weighted by Crippen LogP contribution is -1.96. The second-order valence-corrected chi connectivity index (χ2v) is 3.65. The summed E-state index contributed by atoms with van der Waals surface area (Å²) >= 11 is 0. The molecule has 2 aromatic heterocycles. The van der Waals surface area contributed by atoms with Crippen LogP contribution in [0.25, 0.3) is 0 Å². The molecule has 0 amide bonds. The molecule has 0 saturated carbocycles. The predicted molar refractivity (Wildman–Crippen MR) is 60.6 cm³/mol. The van der Waals surface area contributed by atoms with E-state index in [1.807, 2.05) is 30.6 Å². The van der Waals surface area contributed by atoms with E-state index in [2.05, 4.69) is 29.0 Å². The minimum atomic E-state index is 0.956. The molecular formula is C13H14N2. The van der Waals surface area contributed by atoms with Gasteiger partial charge < -0.3 is 0 Å². The van der Waals surface area contributed by atoms with Crippen molar-refractivity contribution in [1.29, 1.82) is 0 Å². The Morgan fingerprint density at radius 3 is 2.47 bits per heavy atom. The van der Waals surface area contributed by atoms with Gasteiger partial charge in [0, 0.05) is 23.8 Å². The molecule has 76 valence electrons. The van der Waals surface area contributed by atoms with Gasteiger partial charge in [0.1, 0.15) is 0 Å². The molecule has 0 aromatic carbocycles. The molecule has 15 heavy (non-hydrogen) atoms. The second-order valence-electron chi connectivity index (χ2n) is 3.65. The molecule has 0 N–H and O–H groups in total. The molecule has 0 aliphatic carbocycles. The van der Waals surface area contributed by atoms with Gasteiger partial charge in [0.15, 0.2) is 0 Å². The highest BCUT2D eigenvalue weighted by atomic mass is 14.7. The van der Waals surface area contributed by atoms with E-state index in [0.717, 1.165) is 24.2 Å². The molecular weight excluding hydrogens is 184 g/mol. The lowest BCUT2D eigenvalue weighted by molar-refractivity contribution is 0.878. The first kappa shape index (κ1) is 9.84. The average molecular weight is 198 g/mol. The van der Waals surface area contributed by atoms with E-state index in [4.69, 9.17) is 0 Å². The Bertz CT molecular complexity index is 424. The molecule has 2 aromatic rings. The van der Waals surface area contributed by atoms with Gasteiger partial charge in [0.05, 0.1) is 0 Å². The Labute approximate surface area is 90.0 Å². The predicted octanol–water partition coefficient (Wildman–Crippen LogP) is 2.57. The van der Waals surface area contributed by atoms with E-state index in [0.29, 0.717) is 0 Å². The standard InChI is InChI=1S/C13H14N2/c1-11-7-9-15-13(10-11)6-5-12-4-2-3-8-14-12/h2-4,7-10H,5-6H2,1H3. The van der Waals surface area contributed by atoms with Crippen molar-refractivity contribution in [3.05, 3.63) is 59.7 Å². The van der Waals surface area contributed by atoms with Crippen LogP contribution in [-0.2, 0) is 12.8 Å². The summed E-state index contributed by atoms with van der Waals surface area (Å²) < 4.78 is 0. The molecule has 0 radical (unpaired) electrons. The van der Waals surface area contributed by atoms with Crippen LogP contribution in [0.5, 0.6) is 0 Å². The number of hydrogen-bond acceptors (Lipinski definition) is 2. The number of rotatable bonds is 3. The number of nitrogens with zero attached hydrogens (tertiary/aromatic N) is 2. The Hall–Kier alpha value is -1.70. The number of pyridine rings is 2. The normalized spacial score (nSPS) is 10.2. The van der Waals surface area contributed by atoms with Crippen LogP contribution in [0, 0.1) is 6.92 Å². The van der Waals surface area contributed by atoms with Crippen LogP contribution in [0.4, 0.5) is 0 Å².